The van der Waals surface area contributed by atoms with E-state index in [2.05, 4.69) is 19.1 Å². The van der Waals surface area contributed by atoms with Gasteiger partial charge in [0.25, 0.3) is 0 Å². The van der Waals surface area contributed by atoms with Crippen LogP contribution >= 0.6 is 0 Å². The fourth-order valence-electron chi connectivity index (χ4n) is 6.83. The van der Waals surface area contributed by atoms with Crippen LogP contribution in [-0.2, 0) is 4.74 Å². The van der Waals surface area contributed by atoms with Crippen molar-refractivity contribution < 1.29 is 14.9 Å². The van der Waals surface area contributed by atoms with Crippen LogP contribution in [0.1, 0.15) is 78.1 Å². The highest BCUT2D eigenvalue weighted by atomic mass is 16.5. The second-order valence-corrected chi connectivity index (χ2v) is 10.2. The monoisotopic (exact) mass is 388 g/mol. The Kier molecular flexibility index (Phi) is 6.35. The number of fused-ring (bicyclic) bond motifs is 5. The van der Waals surface area contributed by atoms with E-state index >= 15 is 0 Å². The predicted octanol–water partition coefficient (Wildman–Crippen LogP) is 5.02. The van der Waals surface area contributed by atoms with Gasteiger partial charge in [-0.05, 0) is 112 Å². The molecule has 0 aliphatic heterocycles. The molecule has 158 valence electrons. The maximum absolute atomic E-state index is 10.7. The normalized spacial score (nSPS) is 42.3. The third-order valence-corrected chi connectivity index (χ3v) is 8.09. The second kappa shape index (κ2) is 8.62. The molecular weight excluding hydrogens is 348 g/mol. The molecule has 0 aromatic heterocycles. The first-order valence-electron chi connectivity index (χ1n) is 11.9. The van der Waals surface area contributed by atoms with Gasteiger partial charge < -0.3 is 14.9 Å². The van der Waals surface area contributed by atoms with Gasteiger partial charge in [0, 0.05) is 13.2 Å². The van der Waals surface area contributed by atoms with E-state index in [9.17, 15) is 10.2 Å². The molecule has 0 heterocycles. The maximum Gasteiger partial charge on any atom is 0.0840 e. The number of aliphatic hydroxyl groups excluding tert-OH is 1. The van der Waals surface area contributed by atoms with E-state index in [0.717, 1.165) is 44.8 Å². The van der Waals surface area contributed by atoms with Gasteiger partial charge >= 0.3 is 0 Å². The quantitative estimate of drug-likeness (QED) is 0.602. The molecule has 4 rings (SSSR count). The van der Waals surface area contributed by atoms with Crippen molar-refractivity contribution in [2.75, 3.05) is 13.2 Å². The van der Waals surface area contributed by atoms with Crippen LogP contribution in [0.25, 0.3) is 0 Å². The topological polar surface area (TPSA) is 49.7 Å². The Morgan fingerprint density at radius 1 is 1.04 bits per heavy atom. The van der Waals surface area contributed by atoms with E-state index in [1.807, 2.05) is 6.92 Å². The first kappa shape index (κ1) is 20.6. The summed E-state index contributed by atoms with van der Waals surface area (Å²) in [6.07, 6.45) is 15.8. The fourth-order valence-corrected chi connectivity index (χ4v) is 6.83. The molecule has 0 amide bonds. The molecule has 3 fully saturated rings. The molecule has 0 saturated heterocycles. The smallest absolute Gasteiger partial charge is 0.0840 e. The summed E-state index contributed by atoms with van der Waals surface area (Å²) >= 11 is 0. The molecule has 0 bridgehead atoms. The summed E-state index contributed by atoms with van der Waals surface area (Å²) in [4.78, 5) is 0. The van der Waals surface area contributed by atoms with Gasteiger partial charge in [0.15, 0.2) is 0 Å². The van der Waals surface area contributed by atoms with Gasteiger partial charge in [0.2, 0.25) is 0 Å². The van der Waals surface area contributed by atoms with E-state index < -0.39 is 5.60 Å². The van der Waals surface area contributed by atoms with Gasteiger partial charge in [-0.2, -0.15) is 0 Å². The number of ether oxygens (including phenoxy) is 1. The number of hydrogen-bond acceptors (Lipinski definition) is 3. The SMILES string of the molecule is CCCOCCCCC1CC2C(CCC3C(O)CCC32)C2=CCC(C)(O)C=C21. The lowest BCUT2D eigenvalue weighted by Gasteiger charge is -2.50. The van der Waals surface area contributed by atoms with E-state index in [4.69, 9.17) is 4.74 Å². The first-order valence-corrected chi connectivity index (χ1v) is 11.9. The van der Waals surface area contributed by atoms with Crippen molar-refractivity contribution in [3.8, 4) is 0 Å². The lowest BCUT2D eigenvalue weighted by molar-refractivity contribution is 0.0357. The summed E-state index contributed by atoms with van der Waals surface area (Å²) in [5.74, 6) is 3.24. The van der Waals surface area contributed by atoms with Crippen molar-refractivity contribution in [2.24, 2.45) is 29.6 Å². The Hall–Kier alpha value is -0.640. The van der Waals surface area contributed by atoms with Gasteiger partial charge in [-0.15, -0.1) is 0 Å². The van der Waals surface area contributed by atoms with Crippen LogP contribution in [0.15, 0.2) is 23.3 Å². The van der Waals surface area contributed by atoms with Crippen LogP contribution in [0, 0.1) is 29.6 Å². The van der Waals surface area contributed by atoms with Crippen molar-refractivity contribution in [3.05, 3.63) is 23.3 Å². The largest absolute Gasteiger partial charge is 0.393 e. The molecule has 0 spiro atoms. The molecule has 0 aromatic rings. The van der Waals surface area contributed by atoms with Crippen molar-refractivity contribution >= 4 is 0 Å². The summed E-state index contributed by atoms with van der Waals surface area (Å²) < 4.78 is 5.67. The maximum atomic E-state index is 10.7. The first-order chi connectivity index (χ1) is 13.5. The molecular formula is C25H40O3. The molecule has 3 nitrogen and oxygen atoms in total. The van der Waals surface area contributed by atoms with E-state index in [-0.39, 0.29) is 6.10 Å². The molecule has 2 N–H and O–H groups in total. The molecule has 0 radical (unpaired) electrons. The van der Waals surface area contributed by atoms with Gasteiger partial charge in [-0.3, -0.25) is 0 Å². The predicted molar refractivity (Wildman–Crippen MR) is 113 cm³/mol. The van der Waals surface area contributed by atoms with Crippen LogP contribution in [0.3, 0.4) is 0 Å². The third kappa shape index (κ3) is 4.13. The highest BCUT2D eigenvalue weighted by molar-refractivity contribution is 5.43. The van der Waals surface area contributed by atoms with E-state index in [1.54, 1.807) is 5.57 Å². The van der Waals surface area contributed by atoms with Crippen LogP contribution in [0.2, 0.25) is 0 Å². The second-order valence-electron chi connectivity index (χ2n) is 10.2. The lowest BCUT2D eigenvalue weighted by atomic mass is 9.55. The highest BCUT2D eigenvalue weighted by Gasteiger charge is 2.50. The molecule has 3 saturated carbocycles. The van der Waals surface area contributed by atoms with Crippen molar-refractivity contribution in [1.82, 2.24) is 0 Å². The number of hydrogen-bond donors (Lipinski definition) is 2. The fraction of sp³-hybridized carbons (Fsp3) is 0.840. The minimum Gasteiger partial charge on any atom is -0.393 e. The van der Waals surface area contributed by atoms with Crippen LogP contribution in [0.4, 0.5) is 0 Å². The van der Waals surface area contributed by atoms with Gasteiger partial charge in [0.05, 0.1) is 11.7 Å². The number of allylic oxidation sites excluding steroid dienone is 2. The Bertz CT molecular complexity index is 605. The minimum atomic E-state index is -0.686. The summed E-state index contributed by atoms with van der Waals surface area (Å²) in [6.45, 7) is 5.87. The summed E-state index contributed by atoms with van der Waals surface area (Å²) in [7, 11) is 0. The Morgan fingerprint density at radius 3 is 2.68 bits per heavy atom. The van der Waals surface area contributed by atoms with Crippen LogP contribution in [0.5, 0.6) is 0 Å². The minimum absolute atomic E-state index is 0.0573. The zero-order valence-electron chi connectivity index (χ0n) is 17.9. The Labute approximate surface area is 171 Å². The zero-order valence-corrected chi connectivity index (χ0v) is 17.9. The molecule has 28 heavy (non-hydrogen) atoms. The van der Waals surface area contributed by atoms with Crippen LogP contribution < -0.4 is 0 Å². The van der Waals surface area contributed by atoms with E-state index in [0.29, 0.717) is 23.7 Å². The van der Waals surface area contributed by atoms with Gasteiger partial charge in [-0.25, -0.2) is 0 Å². The third-order valence-electron chi connectivity index (χ3n) is 8.09. The Morgan fingerprint density at radius 2 is 1.86 bits per heavy atom. The van der Waals surface area contributed by atoms with Crippen molar-refractivity contribution in [2.45, 2.75) is 89.8 Å². The van der Waals surface area contributed by atoms with Gasteiger partial charge in [0.1, 0.15) is 0 Å². The standard InChI is InChI=1S/C25H40O3/c1-3-13-28-14-5-4-6-17-15-22-18(7-8-21-19(22)9-10-24(21)26)20-11-12-25(2,27)16-23(17)20/h11,16-19,21-22,24,26-27H,3-10,12-15H2,1-2H3. The molecule has 4 aliphatic rings. The molecule has 7 unspecified atom stereocenters. The summed E-state index contributed by atoms with van der Waals surface area (Å²) in [5, 5.41) is 21.2. The summed E-state index contributed by atoms with van der Waals surface area (Å²) in [5.41, 5.74) is 2.34. The summed E-state index contributed by atoms with van der Waals surface area (Å²) in [6, 6.07) is 0. The van der Waals surface area contributed by atoms with Gasteiger partial charge in [-0.1, -0.05) is 19.4 Å². The van der Waals surface area contributed by atoms with Crippen LogP contribution in [-0.4, -0.2) is 35.1 Å². The molecule has 7 atom stereocenters. The molecule has 4 aliphatic carbocycles. The zero-order chi connectivity index (χ0) is 19.7. The average molecular weight is 389 g/mol. The van der Waals surface area contributed by atoms with E-state index in [1.165, 1.54) is 44.1 Å². The Balaban J connectivity index is 1.48. The van der Waals surface area contributed by atoms with Crippen molar-refractivity contribution in [3.63, 3.8) is 0 Å². The highest BCUT2D eigenvalue weighted by Crippen LogP contribution is 2.58. The number of aliphatic hydroxyl groups is 2. The average Bonchev–Trinajstić information content (AvgIpc) is 3.05. The number of unbranched alkanes of at least 4 members (excludes halogenated alkanes) is 1. The van der Waals surface area contributed by atoms with Crippen molar-refractivity contribution in [1.29, 1.82) is 0 Å². The molecule has 0 aromatic carbocycles. The molecule has 3 heteroatoms. The number of rotatable bonds is 7. The lowest BCUT2D eigenvalue weighted by Crippen LogP contribution is -2.42.